The Morgan fingerprint density at radius 1 is 1.15 bits per heavy atom. The predicted octanol–water partition coefficient (Wildman–Crippen LogP) is 1.22. The van der Waals surface area contributed by atoms with Crippen LogP contribution in [0.1, 0.15) is 25.7 Å². The van der Waals surface area contributed by atoms with Gasteiger partial charge >= 0.3 is 0 Å². The van der Waals surface area contributed by atoms with Crippen LogP contribution >= 0.6 is 0 Å². The molecular formula is C18H26N2O5S. The number of nitrogens with one attached hydrogen (secondary N) is 1. The minimum Gasteiger partial charge on any atom is -0.493 e. The number of hydrogen-bond acceptors (Lipinski definition) is 6. The van der Waals surface area contributed by atoms with Crippen molar-refractivity contribution in [3.63, 3.8) is 0 Å². The molecule has 1 amide bonds. The van der Waals surface area contributed by atoms with E-state index in [1.54, 1.807) is 6.07 Å². The van der Waals surface area contributed by atoms with Crippen molar-refractivity contribution in [3.8, 4) is 11.5 Å². The first-order valence-corrected chi connectivity index (χ1v) is 10.6. The van der Waals surface area contributed by atoms with Gasteiger partial charge in [0.15, 0.2) is 21.3 Å². The molecule has 1 aromatic carbocycles. The van der Waals surface area contributed by atoms with Crippen molar-refractivity contribution in [1.82, 2.24) is 10.2 Å². The van der Waals surface area contributed by atoms with Gasteiger partial charge in [-0.25, -0.2) is 8.42 Å². The third-order valence-corrected chi connectivity index (χ3v) is 6.95. The Hall–Kier alpha value is -1.80. The topological polar surface area (TPSA) is 84.9 Å². The zero-order valence-electron chi connectivity index (χ0n) is 15.2. The summed E-state index contributed by atoms with van der Waals surface area (Å²) in [7, 11) is -0.620. The summed E-state index contributed by atoms with van der Waals surface area (Å²) in [5, 5.41) is 3.35. The minimum absolute atomic E-state index is 0.00365. The highest BCUT2D eigenvalue weighted by atomic mass is 32.2. The Balaban J connectivity index is 1.69. The summed E-state index contributed by atoms with van der Waals surface area (Å²) in [6.45, 7) is 1.71. The number of ether oxygens (including phenoxy) is 2. The number of amides is 1. The van der Waals surface area contributed by atoms with Crippen molar-refractivity contribution in [2.24, 2.45) is 0 Å². The third-order valence-electron chi connectivity index (χ3n) is 5.24. The first kappa shape index (κ1) is 19.0. The van der Waals surface area contributed by atoms with E-state index in [1.165, 1.54) is 26.4 Å². The molecule has 1 N–H and O–H groups in total. The molecule has 0 radical (unpaired) electrons. The Labute approximate surface area is 154 Å². The molecule has 2 bridgehead atoms. The molecule has 2 atom stereocenters. The average Bonchev–Trinajstić information content (AvgIpc) is 2.91. The molecule has 2 fully saturated rings. The molecule has 2 aliphatic heterocycles. The Morgan fingerprint density at radius 3 is 2.62 bits per heavy atom. The first-order valence-electron chi connectivity index (χ1n) is 8.93. The van der Waals surface area contributed by atoms with Crippen LogP contribution in [0.5, 0.6) is 11.5 Å². The lowest BCUT2D eigenvalue weighted by molar-refractivity contribution is -0.133. The molecule has 0 aliphatic carbocycles. The van der Waals surface area contributed by atoms with Gasteiger partial charge in [-0.15, -0.1) is 0 Å². The van der Waals surface area contributed by atoms with Gasteiger partial charge in [0, 0.05) is 31.1 Å². The van der Waals surface area contributed by atoms with Gasteiger partial charge in [-0.1, -0.05) is 0 Å². The van der Waals surface area contributed by atoms with E-state index in [0.717, 1.165) is 32.4 Å². The Kier molecular flexibility index (Phi) is 5.72. The van der Waals surface area contributed by atoms with Crippen LogP contribution < -0.4 is 14.8 Å². The molecular weight excluding hydrogens is 356 g/mol. The number of hydrogen-bond donors (Lipinski definition) is 1. The number of methoxy groups -OCH3 is 2. The van der Waals surface area contributed by atoms with E-state index in [4.69, 9.17) is 9.47 Å². The molecule has 2 unspecified atom stereocenters. The third kappa shape index (κ3) is 3.81. The monoisotopic (exact) mass is 382 g/mol. The van der Waals surface area contributed by atoms with Crippen LogP contribution in [-0.4, -0.2) is 64.4 Å². The Morgan fingerprint density at radius 2 is 1.88 bits per heavy atom. The van der Waals surface area contributed by atoms with E-state index >= 15 is 0 Å². The molecule has 7 nitrogen and oxygen atoms in total. The molecule has 2 heterocycles. The van der Waals surface area contributed by atoms with Crippen molar-refractivity contribution in [2.75, 3.05) is 33.1 Å². The molecule has 0 aromatic heterocycles. The maximum atomic E-state index is 12.7. The number of carbonyl (C=O) groups excluding carboxylic acids is 1. The lowest BCUT2D eigenvalue weighted by Gasteiger charge is -2.28. The lowest BCUT2D eigenvalue weighted by atomic mass is 10.1. The van der Waals surface area contributed by atoms with Gasteiger partial charge < -0.3 is 19.7 Å². The fourth-order valence-electron chi connectivity index (χ4n) is 3.87. The highest BCUT2D eigenvalue weighted by molar-refractivity contribution is 7.91. The normalized spacial score (nSPS) is 22.8. The molecule has 0 saturated carbocycles. The van der Waals surface area contributed by atoms with Crippen LogP contribution in [0.15, 0.2) is 23.1 Å². The summed E-state index contributed by atoms with van der Waals surface area (Å²) in [5.41, 5.74) is 0. The SMILES string of the molecule is COc1ccc(S(=O)(=O)CCC(=O)N2C3CCNCC2CC3)cc1OC. The van der Waals surface area contributed by atoms with E-state index in [2.05, 4.69) is 5.32 Å². The number of benzene rings is 1. The molecule has 1 aromatic rings. The summed E-state index contributed by atoms with van der Waals surface area (Å²) < 4.78 is 35.6. The van der Waals surface area contributed by atoms with Gasteiger partial charge in [-0.3, -0.25) is 4.79 Å². The molecule has 2 saturated heterocycles. The van der Waals surface area contributed by atoms with E-state index < -0.39 is 9.84 Å². The second kappa shape index (κ2) is 7.84. The zero-order valence-corrected chi connectivity index (χ0v) is 16.0. The van der Waals surface area contributed by atoms with E-state index in [-0.39, 0.29) is 35.1 Å². The van der Waals surface area contributed by atoms with Crippen molar-refractivity contribution < 1.29 is 22.7 Å². The molecule has 2 aliphatic rings. The lowest BCUT2D eigenvalue weighted by Crippen LogP contribution is -2.43. The van der Waals surface area contributed by atoms with Crippen LogP contribution in [0.3, 0.4) is 0 Å². The van der Waals surface area contributed by atoms with Crippen LogP contribution in [0.25, 0.3) is 0 Å². The number of sulfone groups is 1. The van der Waals surface area contributed by atoms with Crippen LogP contribution in [0.2, 0.25) is 0 Å². The highest BCUT2D eigenvalue weighted by Crippen LogP contribution is 2.31. The van der Waals surface area contributed by atoms with Crippen LogP contribution in [0.4, 0.5) is 0 Å². The van der Waals surface area contributed by atoms with Gasteiger partial charge in [0.1, 0.15) is 0 Å². The van der Waals surface area contributed by atoms with Crippen molar-refractivity contribution in [3.05, 3.63) is 18.2 Å². The fourth-order valence-corrected chi connectivity index (χ4v) is 5.11. The summed E-state index contributed by atoms with van der Waals surface area (Å²) in [4.78, 5) is 14.8. The molecule has 3 rings (SSSR count). The van der Waals surface area contributed by atoms with Crippen LogP contribution in [-0.2, 0) is 14.6 Å². The van der Waals surface area contributed by atoms with Gasteiger partial charge in [0.05, 0.1) is 24.9 Å². The number of rotatable bonds is 6. The van der Waals surface area contributed by atoms with Crippen molar-refractivity contribution in [2.45, 2.75) is 42.7 Å². The maximum absolute atomic E-state index is 12.7. The largest absolute Gasteiger partial charge is 0.493 e. The standard InChI is InChI=1S/C18H26N2O5S/c1-24-16-6-5-15(11-17(16)25-2)26(22,23)10-8-18(21)20-13-3-4-14(20)12-19-9-7-13/h5-6,11,13-14,19H,3-4,7-10,12H2,1-2H3. The maximum Gasteiger partial charge on any atom is 0.224 e. The van der Waals surface area contributed by atoms with Gasteiger partial charge in [0.25, 0.3) is 0 Å². The van der Waals surface area contributed by atoms with Gasteiger partial charge in [0.2, 0.25) is 5.91 Å². The predicted molar refractivity (Wildman–Crippen MR) is 97.4 cm³/mol. The van der Waals surface area contributed by atoms with Gasteiger partial charge in [-0.05, 0) is 37.9 Å². The molecule has 8 heteroatoms. The smallest absolute Gasteiger partial charge is 0.224 e. The minimum atomic E-state index is -3.57. The summed E-state index contributed by atoms with van der Waals surface area (Å²) in [5.74, 6) is 0.558. The summed E-state index contributed by atoms with van der Waals surface area (Å²) in [6, 6.07) is 4.93. The second-order valence-electron chi connectivity index (χ2n) is 6.76. The van der Waals surface area contributed by atoms with Crippen molar-refractivity contribution >= 4 is 15.7 Å². The Bertz CT molecular complexity index is 751. The van der Waals surface area contributed by atoms with Crippen LogP contribution in [0, 0.1) is 0 Å². The molecule has 26 heavy (non-hydrogen) atoms. The molecule has 0 spiro atoms. The highest BCUT2D eigenvalue weighted by Gasteiger charge is 2.38. The van der Waals surface area contributed by atoms with Gasteiger partial charge in [-0.2, -0.15) is 0 Å². The quantitative estimate of drug-likeness (QED) is 0.796. The zero-order chi connectivity index (χ0) is 18.7. The van der Waals surface area contributed by atoms with E-state index in [9.17, 15) is 13.2 Å². The second-order valence-corrected chi connectivity index (χ2v) is 8.87. The summed E-state index contributed by atoms with van der Waals surface area (Å²) >= 11 is 0. The fraction of sp³-hybridized carbons (Fsp3) is 0.611. The van der Waals surface area contributed by atoms with Crippen molar-refractivity contribution in [1.29, 1.82) is 0 Å². The number of fused-ring (bicyclic) bond motifs is 2. The number of carbonyl (C=O) groups is 1. The average molecular weight is 382 g/mol. The number of nitrogens with zero attached hydrogens (tertiary/aromatic N) is 1. The first-order chi connectivity index (χ1) is 12.5. The summed E-state index contributed by atoms with van der Waals surface area (Å²) in [6.07, 6.45) is 2.95. The van der Waals surface area contributed by atoms with E-state index in [1.807, 2.05) is 4.90 Å². The molecule has 144 valence electrons. The van der Waals surface area contributed by atoms with E-state index in [0.29, 0.717) is 11.5 Å².